The molecular formula is C14H29N. The van der Waals surface area contributed by atoms with Gasteiger partial charge in [-0.05, 0) is 58.9 Å². The van der Waals surface area contributed by atoms with Crippen molar-refractivity contribution in [2.45, 2.75) is 72.4 Å². The maximum atomic E-state index is 2.56. The quantitative estimate of drug-likeness (QED) is 0.587. The fourth-order valence-electron chi connectivity index (χ4n) is 2.98. The van der Waals surface area contributed by atoms with Crippen LogP contribution >= 0.6 is 0 Å². The molecule has 0 aliphatic carbocycles. The third-order valence-electron chi connectivity index (χ3n) is 4.53. The Hall–Kier alpha value is -0.0400. The topological polar surface area (TPSA) is 3.24 Å². The van der Waals surface area contributed by atoms with Crippen molar-refractivity contribution in [1.82, 2.24) is 4.90 Å². The summed E-state index contributed by atoms with van der Waals surface area (Å²) < 4.78 is 0. The molecule has 0 N–H and O–H groups in total. The highest BCUT2D eigenvalue weighted by Crippen LogP contribution is 2.46. The maximum Gasteiger partial charge on any atom is 0.0158 e. The predicted octanol–water partition coefficient (Wildman–Crippen LogP) is 3.93. The van der Waals surface area contributed by atoms with Crippen LogP contribution in [0.15, 0.2) is 0 Å². The van der Waals surface area contributed by atoms with Crippen LogP contribution in [0.4, 0.5) is 0 Å². The summed E-state index contributed by atoms with van der Waals surface area (Å²) in [6, 6.07) is 0. The first-order chi connectivity index (χ1) is 6.47. The molecule has 0 radical (unpaired) electrons. The van der Waals surface area contributed by atoms with Crippen molar-refractivity contribution in [3.05, 3.63) is 0 Å². The molecule has 1 heterocycles. The minimum Gasteiger partial charge on any atom is -0.296 e. The predicted molar refractivity (Wildman–Crippen MR) is 68.1 cm³/mol. The lowest BCUT2D eigenvalue weighted by Crippen LogP contribution is -2.60. The van der Waals surface area contributed by atoms with Crippen molar-refractivity contribution in [3.63, 3.8) is 0 Å². The smallest absolute Gasteiger partial charge is 0.0158 e. The van der Waals surface area contributed by atoms with Crippen LogP contribution < -0.4 is 0 Å². The van der Waals surface area contributed by atoms with E-state index in [0.29, 0.717) is 16.5 Å². The molecule has 0 bridgehead atoms. The van der Waals surface area contributed by atoms with Gasteiger partial charge in [0.25, 0.3) is 0 Å². The number of nitrogens with zero attached hydrogens (tertiary/aromatic N) is 1. The van der Waals surface area contributed by atoms with Gasteiger partial charge < -0.3 is 0 Å². The Kier molecular flexibility index (Phi) is 3.02. The average Bonchev–Trinajstić information content (AvgIpc) is 1.97. The minimum absolute atomic E-state index is 0.333. The fraction of sp³-hybridized carbons (Fsp3) is 1.00. The summed E-state index contributed by atoms with van der Waals surface area (Å²) >= 11 is 0. The van der Waals surface area contributed by atoms with Gasteiger partial charge in [0.05, 0.1) is 0 Å². The van der Waals surface area contributed by atoms with Crippen LogP contribution in [-0.4, -0.2) is 23.0 Å². The van der Waals surface area contributed by atoms with Crippen LogP contribution in [0.25, 0.3) is 0 Å². The van der Waals surface area contributed by atoms with Gasteiger partial charge in [0.1, 0.15) is 0 Å². The zero-order valence-corrected chi connectivity index (χ0v) is 11.9. The summed E-state index contributed by atoms with van der Waals surface area (Å²) in [4.78, 5) is 2.56. The summed E-state index contributed by atoms with van der Waals surface area (Å²) in [6.45, 7) is 16.7. The van der Waals surface area contributed by atoms with Gasteiger partial charge in [0, 0.05) is 11.1 Å². The first kappa shape index (κ1) is 13.0. The molecule has 1 saturated heterocycles. The Bertz CT molecular complexity index is 214. The van der Waals surface area contributed by atoms with Crippen molar-refractivity contribution >= 4 is 0 Å². The van der Waals surface area contributed by atoms with Gasteiger partial charge >= 0.3 is 0 Å². The van der Waals surface area contributed by atoms with Gasteiger partial charge in [0.15, 0.2) is 0 Å². The highest BCUT2D eigenvalue weighted by atomic mass is 15.2. The molecule has 90 valence electrons. The van der Waals surface area contributed by atoms with Crippen LogP contribution in [-0.2, 0) is 0 Å². The summed E-state index contributed by atoms with van der Waals surface area (Å²) in [6.07, 6.45) is 2.63. The third-order valence-corrected chi connectivity index (χ3v) is 4.53. The maximum absolute atomic E-state index is 2.56. The van der Waals surface area contributed by atoms with E-state index in [9.17, 15) is 0 Å². The molecule has 1 heteroatoms. The molecule has 0 unspecified atom stereocenters. The van der Waals surface area contributed by atoms with Crippen LogP contribution in [0.5, 0.6) is 0 Å². The van der Waals surface area contributed by atoms with Gasteiger partial charge in [-0.2, -0.15) is 0 Å². The van der Waals surface area contributed by atoms with E-state index in [1.165, 1.54) is 12.8 Å². The van der Waals surface area contributed by atoms with Gasteiger partial charge in [-0.1, -0.05) is 20.8 Å². The molecule has 1 aliphatic rings. The average molecular weight is 211 g/mol. The van der Waals surface area contributed by atoms with Gasteiger partial charge in [-0.15, -0.1) is 0 Å². The Balaban J connectivity index is 2.94. The molecule has 0 aromatic rings. The van der Waals surface area contributed by atoms with Crippen molar-refractivity contribution in [3.8, 4) is 0 Å². The van der Waals surface area contributed by atoms with E-state index >= 15 is 0 Å². The Morgan fingerprint density at radius 1 is 0.933 bits per heavy atom. The lowest BCUT2D eigenvalue weighted by Gasteiger charge is -2.56. The molecule has 1 rings (SSSR count). The molecule has 0 aromatic carbocycles. The van der Waals surface area contributed by atoms with Gasteiger partial charge in [-0.25, -0.2) is 0 Å². The number of piperidine rings is 1. The van der Waals surface area contributed by atoms with Gasteiger partial charge in [0.2, 0.25) is 0 Å². The van der Waals surface area contributed by atoms with E-state index in [-0.39, 0.29) is 0 Å². The van der Waals surface area contributed by atoms with Gasteiger partial charge in [-0.3, -0.25) is 4.90 Å². The number of rotatable bonds is 0. The highest BCUT2D eigenvalue weighted by Gasteiger charge is 2.45. The van der Waals surface area contributed by atoms with Crippen LogP contribution in [0.3, 0.4) is 0 Å². The summed E-state index contributed by atoms with van der Waals surface area (Å²) in [5, 5.41) is 0. The van der Waals surface area contributed by atoms with E-state index in [4.69, 9.17) is 0 Å². The molecule has 0 atom stereocenters. The second-order valence-electron chi connectivity index (χ2n) is 7.66. The molecular weight excluding hydrogens is 182 g/mol. The normalized spacial score (nSPS) is 28.0. The first-order valence-corrected chi connectivity index (χ1v) is 6.21. The monoisotopic (exact) mass is 211 g/mol. The second-order valence-corrected chi connectivity index (χ2v) is 7.66. The third kappa shape index (κ3) is 2.55. The lowest BCUT2D eigenvalue weighted by atomic mass is 9.65. The Morgan fingerprint density at radius 2 is 1.27 bits per heavy atom. The molecule has 0 saturated carbocycles. The van der Waals surface area contributed by atoms with E-state index in [1.807, 2.05) is 0 Å². The molecule has 1 aliphatic heterocycles. The minimum atomic E-state index is 0.333. The van der Waals surface area contributed by atoms with E-state index in [1.54, 1.807) is 0 Å². The van der Waals surface area contributed by atoms with Crippen LogP contribution in [0.1, 0.15) is 61.3 Å². The van der Waals surface area contributed by atoms with E-state index in [0.717, 1.165) is 5.92 Å². The highest BCUT2D eigenvalue weighted by molar-refractivity contribution is 5.00. The first-order valence-electron chi connectivity index (χ1n) is 6.21. The Morgan fingerprint density at radius 3 is 1.53 bits per heavy atom. The fourth-order valence-corrected chi connectivity index (χ4v) is 2.98. The number of hydrogen-bond acceptors (Lipinski definition) is 1. The van der Waals surface area contributed by atoms with Crippen molar-refractivity contribution < 1.29 is 0 Å². The Labute approximate surface area is 96.2 Å². The van der Waals surface area contributed by atoms with E-state index < -0.39 is 0 Å². The standard InChI is InChI=1S/C14H29N/c1-12(2,3)11-9-13(4,5)15(8)14(6,7)10-11/h11H,9-10H2,1-8H3. The van der Waals surface area contributed by atoms with E-state index in [2.05, 4.69) is 60.4 Å². The number of likely N-dealkylation sites (tertiary alicyclic amines) is 1. The SMILES string of the molecule is CN1C(C)(C)CC(C(C)(C)C)CC1(C)C. The summed E-state index contributed by atoms with van der Waals surface area (Å²) in [7, 11) is 2.28. The summed E-state index contributed by atoms with van der Waals surface area (Å²) in [5.41, 5.74) is 1.11. The molecule has 0 spiro atoms. The molecule has 0 aromatic heterocycles. The molecule has 1 nitrogen and oxygen atoms in total. The van der Waals surface area contributed by atoms with Crippen molar-refractivity contribution in [1.29, 1.82) is 0 Å². The lowest BCUT2D eigenvalue weighted by molar-refractivity contribution is -0.0565. The second kappa shape index (κ2) is 3.48. The van der Waals surface area contributed by atoms with Crippen molar-refractivity contribution in [2.24, 2.45) is 11.3 Å². The van der Waals surface area contributed by atoms with Crippen molar-refractivity contribution in [2.75, 3.05) is 7.05 Å². The largest absolute Gasteiger partial charge is 0.296 e. The zero-order valence-electron chi connectivity index (χ0n) is 11.9. The zero-order chi connectivity index (χ0) is 12.1. The van der Waals surface area contributed by atoms with Crippen LogP contribution in [0, 0.1) is 11.3 Å². The molecule has 0 amide bonds. The molecule has 1 fully saturated rings. The summed E-state index contributed by atoms with van der Waals surface area (Å²) in [5.74, 6) is 0.832. The molecule has 15 heavy (non-hydrogen) atoms. The van der Waals surface area contributed by atoms with Crippen LogP contribution in [0.2, 0.25) is 0 Å². The number of hydrogen-bond donors (Lipinski definition) is 0.